The van der Waals surface area contributed by atoms with Crippen LogP contribution in [0.3, 0.4) is 0 Å². The molecule has 3 nitrogen and oxygen atoms in total. The van der Waals surface area contributed by atoms with Crippen LogP contribution in [0.1, 0.15) is 40.5 Å². The Kier molecular flexibility index (Phi) is 64.7. The van der Waals surface area contributed by atoms with Gasteiger partial charge >= 0.3 is 0 Å². The van der Waals surface area contributed by atoms with Crippen molar-refractivity contribution in [1.82, 2.24) is 4.90 Å². The summed E-state index contributed by atoms with van der Waals surface area (Å²) in [6.45, 7) is 10.1. The topological polar surface area (TPSA) is 49.5 Å². The van der Waals surface area contributed by atoms with Crippen molar-refractivity contribution in [3.05, 3.63) is 0 Å². The van der Waals surface area contributed by atoms with E-state index in [1.807, 2.05) is 20.8 Å². The predicted molar refractivity (Wildman–Crippen MR) is 67.7 cm³/mol. The summed E-state index contributed by atoms with van der Waals surface area (Å²) in [5.74, 6) is 0. The molecule has 0 aliphatic rings. The molecular weight excluding hydrogens is 176 g/mol. The van der Waals surface area contributed by atoms with Crippen molar-refractivity contribution >= 4 is 0 Å². The third kappa shape index (κ3) is 93.4. The molecule has 0 radical (unpaired) electrons. The first kappa shape index (κ1) is 23.6. The minimum absolute atomic E-state index is 0.750. The lowest BCUT2D eigenvalue weighted by atomic mass is 10.3. The normalized spacial score (nSPS) is 7.29. The first-order chi connectivity index (χ1) is 6.68. The molecular formula is C11H32N2O. The average Bonchev–Trinajstić information content (AvgIpc) is 2.22. The number of aliphatic hydroxyl groups is 1. The minimum Gasteiger partial charge on any atom is -0.400 e. The van der Waals surface area contributed by atoms with E-state index < -0.39 is 0 Å². The lowest BCUT2D eigenvalue weighted by Gasteiger charge is -2.05. The van der Waals surface area contributed by atoms with E-state index in [4.69, 9.17) is 10.8 Å². The van der Waals surface area contributed by atoms with Gasteiger partial charge in [-0.05, 0) is 33.6 Å². The van der Waals surface area contributed by atoms with Crippen LogP contribution in [0.2, 0.25) is 0 Å². The van der Waals surface area contributed by atoms with Crippen molar-refractivity contribution in [3.63, 3.8) is 0 Å². The molecule has 3 N–H and O–H groups in total. The van der Waals surface area contributed by atoms with Gasteiger partial charge in [0.05, 0.1) is 0 Å². The molecule has 0 fully saturated rings. The van der Waals surface area contributed by atoms with Crippen LogP contribution in [0.4, 0.5) is 0 Å². The van der Waals surface area contributed by atoms with E-state index in [0.29, 0.717) is 0 Å². The molecule has 14 heavy (non-hydrogen) atoms. The number of unbranched alkanes of at least 4 members (excludes halogenated alkanes) is 1. The maximum atomic E-state index is 7.00. The quantitative estimate of drug-likeness (QED) is 0.745. The van der Waals surface area contributed by atoms with E-state index >= 15 is 0 Å². The Labute approximate surface area is 91.3 Å². The summed E-state index contributed by atoms with van der Waals surface area (Å²) in [6, 6.07) is 0. The number of hydrogen-bond acceptors (Lipinski definition) is 3. The van der Waals surface area contributed by atoms with E-state index in [0.717, 1.165) is 13.7 Å². The highest BCUT2D eigenvalue weighted by Crippen LogP contribution is 1.86. The molecule has 0 heterocycles. The molecule has 0 saturated heterocycles. The van der Waals surface area contributed by atoms with Gasteiger partial charge in [-0.15, -0.1) is 0 Å². The van der Waals surface area contributed by atoms with E-state index in [1.165, 1.54) is 19.4 Å². The number of hydrogen-bond donors (Lipinski definition) is 2. The molecule has 0 aromatic carbocycles. The number of aliphatic hydroxyl groups excluding tert-OH is 1. The number of nitrogens with two attached hydrogens (primary N) is 1. The van der Waals surface area contributed by atoms with E-state index in [1.54, 1.807) is 0 Å². The maximum Gasteiger partial charge on any atom is 0.0319 e. The zero-order valence-corrected chi connectivity index (χ0v) is 11.3. The van der Waals surface area contributed by atoms with Crippen molar-refractivity contribution in [2.24, 2.45) is 5.73 Å². The van der Waals surface area contributed by atoms with Gasteiger partial charge < -0.3 is 15.7 Å². The fraction of sp³-hybridized carbons (Fsp3) is 1.00. The van der Waals surface area contributed by atoms with E-state index in [9.17, 15) is 0 Å². The van der Waals surface area contributed by atoms with Crippen molar-refractivity contribution in [2.45, 2.75) is 40.5 Å². The Bertz CT molecular complexity index is 50.6. The van der Waals surface area contributed by atoms with Crippen LogP contribution in [0.25, 0.3) is 0 Å². The Balaban J connectivity index is -0.0000000603. The molecule has 3 heteroatoms. The molecule has 92 valence electrons. The molecule has 0 rings (SSSR count). The summed E-state index contributed by atoms with van der Waals surface area (Å²) >= 11 is 0. The summed E-state index contributed by atoms with van der Waals surface area (Å²) in [5.41, 5.74) is 4.85. The molecule has 0 aromatic heterocycles. The van der Waals surface area contributed by atoms with Gasteiger partial charge in [0.15, 0.2) is 0 Å². The van der Waals surface area contributed by atoms with Crippen molar-refractivity contribution in [3.8, 4) is 0 Å². The average molecular weight is 208 g/mol. The van der Waals surface area contributed by atoms with Crippen LogP contribution in [0, 0.1) is 0 Å². The van der Waals surface area contributed by atoms with Gasteiger partial charge in [0.1, 0.15) is 0 Å². The second kappa shape index (κ2) is 38.4. The van der Waals surface area contributed by atoms with Gasteiger partial charge in [-0.25, -0.2) is 0 Å². The van der Waals surface area contributed by atoms with E-state index in [-0.39, 0.29) is 0 Å². The molecule has 0 atom stereocenters. The highest BCUT2D eigenvalue weighted by molar-refractivity contribution is 4.39. The van der Waals surface area contributed by atoms with Crippen LogP contribution < -0.4 is 5.73 Å². The van der Waals surface area contributed by atoms with Gasteiger partial charge in [0.2, 0.25) is 0 Å². The van der Waals surface area contributed by atoms with Gasteiger partial charge in [0, 0.05) is 7.11 Å². The summed E-state index contributed by atoms with van der Waals surface area (Å²) < 4.78 is 0. The number of nitrogens with zero attached hydrogens (tertiary/aromatic N) is 1. The Morgan fingerprint density at radius 3 is 1.43 bits per heavy atom. The van der Waals surface area contributed by atoms with Crippen molar-refractivity contribution in [1.29, 1.82) is 0 Å². The molecule has 0 bridgehead atoms. The van der Waals surface area contributed by atoms with E-state index in [2.05, 4.69) is 25.9 Å². The van der Waals surface area contributed by atoms with Crippen molar-refractivity contribution < 1.29 is 5.11 Å². The zero-order valence-electron chi connectivity index (χ0n) is 11.3. The first-order valence-electron chi connectivity index (χ1n) is 5.48. The van der Waals surface area contributed by atoms with Crippen LogP contribution in [-0.4, -0.2) is 44.3 Å². The fourth-order valence-electron chi connectivity index (χ4n) is 0.474. The summed E-state index contributed by atoms with van der Waals surface area (Å²) in [6.07, 6.45) is 2.63. The molecule has 0 amide bonds. The Morgan fingerprint density at radius 1 is 1.07 bits per heavy atom. The summed E-state index contributed by atoms with van der Waals surface area (Å²) in [7, 11) is 5.21. The SMILES string of the molecule is CC.CCCCN(C)C.CCN.CO. The summed E-state index contributed by atoms with van der Waals surface area (Å²) in [5, 5.41) is 7.00. The molecule has 0 saturated carbocycles. The highest BCUT2D eigenvalue weighted by Gasteiger charge is 1.83. The van der Waals surface area contributed by atoms with Crippen LogP contribution >= 0.6 is 0 Å². The fourth-order valence-corrected chi connectivity index (χ4v) is 0.474. The second-order valence-electron chi connectivity index (χ2n) is 2.57. The third-order valence-electron chi connectivity index (χ3n) is 0.959. The zero-order chi connectivity index (χ0) is 12.4. The molecule has 0 spiro atoms. The molecule has 0 aromatic rings. The smallest absolute Gasteiger partial charge is 0.0319 e. The third-order valence-corrected chi connectivity index (χ3v) is 0.959. The monoisotopic (exact) mass is 208 g/mol. The lowest BCUT2D eigenvalue weighted by Crippen LogP contribution is -2.12. The predicted octanol–water partition coefficient (Wildman–Crippen LogP) is 1.95. The van der Waals surface area contributed by atoms with Crippen molar-refractivity contribution in [2.75, 3.05) is 34.3 Å². The van der Waals surface area contributed by atoms with Crippen LogP contribution in [-0.2, 0) is 0 Å². The van der Waals surface area contributed by atoms with Gasteiger partial charge in [0.25, 0.3) is 0 Å². The second-order valence-corrected chi connectivity index (χ2v) is 2.57. The van der Waals surface area contributed by atoms with Crippen LogP contribution in [0.15, 0.2) is 0 Å². The Morgan fingerprint density at radius 2 is 1.36 bits per heavy atom. The van der Waals surface area contributed by atoms with Crippen LogP contribution in [0.5, 0.6) is 0 Å². The van der Waals surface area contributed by atoms with Gasteiger partial charge in [-0.3, -0.25) is 0 Å². The largest absolute Gasteiger partial charge is 0.400 e. The first-order valence-corrected chi connectivity index (χ1v) is 5.48. The molecule has 0 aliphatic carbocycles. The lowest BCUT2D eigenvalue weighted by molar-refractivity contribution is 0.398. The standard InChI is InChI=1S/C6H15N.C2H7N.C2H6.CH4O/c1-4-5-6-7(2)3;1-2-3;2*1-2/h4-6H2,1-3H3;2-3H2,1H3;1-2H3;2H,1H3. The summed E-state index contributed by atoms with van der Waals surface area (Å²) in [4.78, 5) is 2.21. The van der Waals surface area contributed by atoms with Gasteiger partial charge in [-0.1, -0.05) is 34.1 Å². The number of rotatable bonds is 3. The van der Waals surface area contributed by atoms with Gasteiger partial charge in [-0.2, -0.15) is 0 Å². The Hall–Kier alpha value is -0.120. The molecule has 0 aliphatic heterocycles. The highest BCUT2D eigenvalue weighted by atomic mass is 16.2. The maximum absolute atomic E-state index is 7.00. The molecule has 0 unspecified atom stereocenters. The minimum atomic E-state index is 0.750.